The van der Waals surface area contributed by atoms with Gasteiger partial charge in [-0.2, -0.15) is 0 Å². The van der Waals surface area contributed by atoms with Crippen molar-refractivity contribution in [2.45, 2.75) is 27.2 Å². The number of hydrogen-bond donors (Lipinski definition) is 0. The topological polar surface area (TPSA) is 63.7 Å². The number of ether oxygens (including phenoxy) is 1. The first-order valence-electron chi connectivity index (χ1n) is 5.88. The van der Waals surface area contributed by atoms with Crippen molar-refractivity contribution in [1.82, 2.24) is 4.90 Å². The van der Waals surface area contributed by atoms with Crippen LogP contribution < -0.4 is 0 Å². The van der Waals surface area contributed by atoms with Crippen LogP contribution in [0, 0.1) is 5.41 Å². The molecule has 1 rings (SSSR count). The van der Waals surface area contributed by atoms with Gasteiger partial charge in [0.15, 0.2) is 9.84 Å². The van der Waals surface area contributed by atoms with Crippen LogP contribution in [0.15, 0.2) is 0 Å². The van der Waals surface area contributed by atoms with Crippen molar-refractivity contribution in [2.24, 2.45) is 5.41 Å². The zero-order chi connectivity index (χ0) is 13.1. The van der Waals surface area contributed by atoms with E-state index in [2.05, 4.69) is 0 Å². The average Bonchev–Trinajstić information content (AvgIpc) is 2.26. The van der Waals surface area contributed by atoms with Gasteiger partial charge in [0.05, 0.1) is 18.1 Å². The minimum Gasteiger partial charge on any atom is -0.449 e. The monoisotopic (exact) mass is 263 g/mol. The van der Waals surface area contributed by atoms with E-state index >= 15 is 0 Å². The largest absolute Gasteiger partial charge is 0.449 e. The highest BCUT2D eigenvalue weighted by Gasteiger charge is 2.27. The van der Waals surface area contributed by atoms with Crippen molar-refractivity contribution in [3.63, 3.8) is 0 Å². The highest BCUT2D eigenvalue weighted by molar-refractivity contribution is 7.91. The van der Waals surface area contributed by atoms with Crippen molar-refractivity contribution in [1.29, 1.82) is 0 Å². The molecule has 1 aliphatic rings. The van der Waals surface area contributed by atoms with Gasteiger partial charge in [0.25, 0.3) is 0 Å². The maximum Gasteiger partial charge on any atom is 0.409 e. The second-order valence-electron chi connectivity index (χ2n) is 5.21. The number of carbonyl (C=O) groups is 1. The lowest BCUT2D eigenvalue weighted by Gasteiger charge is -2.28. The molecule has 0 aromatic heterocycles. The molecule has 0 atom stereocenters. The third-order valence-electron chi connectivity index (χ3n) is 3.15. The van der Waals surface area contributed by atoms with Gasteiger partial charge in [-0.15, -0.1) is 0 Å². The Morgan fingerprint density at radius 3 is 2.29 bits per heavy atom. The number of rotatable bonds is 3. The van der Waals surface area contributed by atoms with E-state index in [1.54, 1.807) is 0 Å². The van der Waals surface area contributed by atoms with Crippen LogP contribution in [-0.2, 0) is 14.6 Å². The molecule has 0 saturated carbocycles. The minimum absolute atomic E-state index is 0.0302. The molecule has 0 unspecified atom stereocenters. The van der Waals surface area contributed by atoms with Crippen LogP contribution in [0.5, 0.6) is 0 Å². The Kier molecular flexibility index (Phi) is 4.41. The lowest BCUT2D eigenvalue weighted by Crippen LogP contribution is -2.44. The third kappa shape index (κ3) is 4.53. The summed E-state index contributed by atoms with van der Waals surface area (Å²) in [7, 11) is -2.95. The highest BCUT2D eigenvalue weighted by atomic mass is 32.2. The molecule has 0 radical (unpaired) electrons. The molecule has 0 bridgehead atoms. The van der Waals surface area contributed by atoms with Crippen molar-refractivity contribution < 1.29 is 17.9 Å². The van der Waals surface area contributed by atoms with Crippen LogP contribution in [0.3, 0.4) is 0 Å². The van der Waals surface area contributed by atoms with Gasteiger partial charge in [-0.1, -0.05) is 20.8 Å². The standard InChI is InChI=1S/C11H21NO4S/c1-4-11(2,3)9-16-10(13)12-5-7-17(14,15)8-6-12/h4-9H2,1-3H3. The minimum atomic E-state index is -2.95. The smallest absolute Gasteiger partial charge is 0.409 e. The molecule has 17 heavy (non-hydrogen) atoms. The third-order valence-corrected chi connectivity index (χ3v) is 4.76. The summed E-state index contributed by atoms with van der Waals surface area (Å²) in [5.74, 6) is 0.0819. The van der Waals surface area contributed by atoms with E-state index in [4.69, 9.17) is 4.74 Å². The predicted octanol–water partition coefficient (Wildman–Crippen LogP) is 1.29. The second-order valence-corrected chi connectivity index (χ2v) is 7.51. The summed E-state index contributed by atoms with van der Waals surface area (Å²) in [5.41, 5.74) is -0.0302. The Morgan fingerprint density at radius 1 is 1.29 bits per heavy atom. The van der Waals surface area contributed by atoms with Gasteiger partial charge in [-0.25, -0.2) is 13.2 Å². The predicted molar refractivity (Wildman–Crippen MR) is 65.6 cm³/mol. The molecule has 5 nitrogen and oxygen atoms in total. The van der Waals surface area contributed by atoms with Crippen LogP contribution in [0.25, 0.3) is 0 Å². The molecule has 0 aromatic rings. The summed E-state index contributed by atoms with van der Waals surface area (Å²) >= 11 is 0. The van der Waals surface area contributed by atoms with Gasteiger partial charge in [-0.05, 0) is 11.8 Å². The molecule has 100 valence electrons. The fraction of sp³-hybridized carbons (Fsp3) is 0.909. The fourth-order valence-electron chi connectivity index (χ4n) is 1.35. The maximum absolute atomic E-state index is 11.7. The summed E-state index contributed by atoms with van der Waals surface area (Å²) in [6.07, 6.45) is 0.524. The first kappa shape index (κ1) is 14.3. The number of amides is 1. The van der Waals surface area contributed by atoms with E-state index in [1.165, 1.54) is 4.90 Å². The molecule has 1 fully saturated rings. The van der Waals surface area contributed by atoms with E-state index in [9.17, 15) is 13.2 Å². The number of nitrogens with zero attached hydrogens (tertiary/aromatic N) is 1. The molecule has 0 N–H and O–H groups in total. The quantitative estimate of drug-likeness (QED) is 0.769. The molecule has 1 aliphatic heterocycles. The zero-order valence-electron chi connectivity index (χ0n) is 10.7. The molecule has 0 spiro atoms. The van der Waals surface area contributed by atoms with E-state index in [0.717, 1.165) is 6.42 Å². The average molecular weight is 263 g/mol. The molecule has 1 saturated heterocycles. The van der Waals surface area contributed by atoms with Crippen molar-refractivity contribution in [3.05, 3.63) is 0 Å². The Morgan fingerprint density at radius 2 is 1.82 bits per heavy atom. The van der Waals surface area contributed by atoms with Gasteiger partial charge in [-0.3, -0.25) is 0 Å². The summed E-state index contributed by atoms with van der Waals surface area (Å²) in [6.45, 7) is 6.95. The molecule has 0 aliphatic carbocycles. The maximum atomic E-state index is 11.7. The van der Waals surface area contributed by atoms with Gasteiger partial charge in [0.1, 0.15) is 0 Å². The van der Waals surface area contributed by atoms with Gasteiger partial charge >= 0.3 is 6.09 Å². The van der Waals surface area contributed by atoms with Crippen molar-refractivity contribution in [3.8, 4) is 0 Å². The lowest BCUT2D eigenvalue weighted by atomic mass is 9.92. The van der Waals surface area contributed by atoms with Crippen LogP contribution in [0.1, 0.15) is 27.2 Å². The first-order chi connectivity index (χ1) is 7.76. The van der Waals surface area contributed by atoms with Gasteiger partial charge in [0.2, 0.25) is 0 Å². The summed E-state index contributed by atoms with van der Waals surface area (Å²) in [6, 6.07) is 0. The molecule has 1 heterocycles. The zero-order valence-corrected chi connectivity index (χ0v) is 11.5. The van der Waals surface area contributed by atoms with Gasteiger partial charge in [0, 0.05) is 13.1 Å². The van der Waals surface area contributed by atoms with Gasteiger partial charge < -0.3 is 9.64 Å². The Bertz CT molecular complexity index is 361. The molecular weight excluding hydrogens is 242 g/mol. The van der Waals surface area contributed by atoms with Crippen LogP contribution >= 0.6 is 0 Å². The molecule has 6 heteroatoms. The second kappa shape index (κ2) is 5.25. The Balaban J connectivity index is 2.40. The van der Waals surface area contributed by atoms with Crippen molar-refractivity contribution >= 4 is 15.9 Å². The van der Waals surface area contributed by atoms with E-state index in [-0.39, 0.29) is 30.0 Å². The Labute approximate surface area is 103 Å². The molecular formula is C11H21NO4S. The molecule has 1 amide bonds. The SMILES string of the molecule is CCC(C)(C)COC(=O)N1CCS(=O)(=O)CC1. The van der Waals surface area contributed by atoms with Crippen LogP contribution in [0.2, 0.25) is 0 Å². The number of carbonyl (C=O) groups excluding carboxylic acids is 1. The first-order valence-corrected chi connectivity index (χ1v) is 7.70. The number of sulfone groups is 1. The number of hydrogen-bond acceptors (Lipinski definition) is 4. The van der Waals surface area contributed by atoms with E-state index in [0.29, 0.717) is 6.61 Å². The Hall–Kier alpha value is -0.780. The summed E-state index contributed by atoms with van der Waals surface area (Å²) < 4.78 is 27.6. The van der Waals surface area contributed by atoms with E-state index < -0.39 is 15.9 Å². The van der Waals surface area contributed by atoms with Crippen molar-refractivity contribution in [2.75, 3.05) is 31.2 Å². The molecule has 0 aromatic carbocycles. The summed E-state index contributed by atoms with van der Waals surface area (Å²) in [5, 5.41) is 0. The highest BCUT2D eigenvalue weighted by Crippen LogP contribution is 2.20. The summed E-state index contributed by atoms with van der Waals surface area (Å²) in [4.78, 5) is 13.1. The lowest BCUT2D eigenvalue weighted by molar-refractivity contribution is 0.0677. The fourth-order valence-corrected chi connectivity index (χ4v) is 2.55. The van der Waals surface area contributed by atoms with Crippen LogP contribution in [-0.4, -0.2) is 50.6 Å². The normalized spacial score (nSPS) is 20.1. The van der Waals surface area contributed by atoms with Crippen LogP contribution in [0.4, 0.5) is 4.79 Å². The van der Waals surface area contributed by atoms with E-state index in [1.807, 2.05) is 20.8 Å².